The molecule has 2 aromatic rings. The summed E-state index contributed by atoms with van der Waals surface area (Å²) in [6.07, 6.45) is 5.42. The van der Waals surface area contributed by atoms with Crippen LogP contribution in [0.1, 0.15) is 17.5 Å². The molecule has 0 amide bonds. The van der Waals surface area contributed by atoms with E-state index in [1.165, 1.54) is 17.6 Å². The highest BCUT2D eigenvalue weighted by Gasteiger charge is 2.20. The minimum absolute atomic E-state index is 0.0329. The molecule has 1 aromatic heterocycles. The van der Waals surface area contributed by atoms with E-state index in [-0.39, 0.29) is 6.61 Å². The zero-order valence-electron chi connectivity index (χ0n) is 10.1. The molecule has 0 aliphatic carbocycles. The van der Waals surface area contributed by atoms with Crippen LogP contribution in [0.15, 0.2) is 36.8 Å². The number of rotatable bonds is 2. The predicted molar refractivity (Wildman–Crippen MR) is 69.7 cm³/mol. The molecule has 0 atom stereocenters. The van der Waals surface area contributed by atoms with Gasteiger partial charge in [0.1, 0.15) is 12.1 Å². The Bertz CT molecular complexity index is 556. The van der Waals surface area contributed by atoms with Gasteiger partial charge in [-0.15, -0.1) is 0 Å². The summed E-state index contributed by atoms with van der Waals surface area (Å²) in [5, 5.41) is 9.39. The van der Waals surface area contributed by atoms with Crippen LogP contribution in [-0.4, -0.2) is 21.6 Å². The van der Waals surface area contributed by atoms with E-state index in [1.54, 1.807) is 6.20 Å². The maximum Gasteiger partial charge on any atom is 0.141 e. The second-order valence-corrected chi connectivity index (χ2v) is 4.41. The summed E-state index contributed by atoms with van der Waals surface area (Å²) in [5.74, 6) is 0.819. The van der Waals surface area contributed by atoms with Crippen molar-refractivity contribution in [2.75, 3.05) is 11.4 Å². The zero-order valence-corrected chi connectivity index (χ0v) is 10.1. The van der Waals surface area contributed by atoms with Crippen molar-refractivity contribution in [3.63, 3.8) is 0 Å². The first-order chi connectivity index (χ1) is 8.90. The summed E-state index contributed by atoms with van der Waals surface area (Å²) in [4.78, 5) is 10.5. The summed E-state index contributed by atoms with van der Waals surface area (Å²) in [5.41, 5.74) is 3.30. The van der Waals surface area contributed by atoms with E-state index >= 15 is 0 Å². The number of fused-ring (bicyclic) bond motifs is 1. The Balaban J connectivity index is 2.08. The molecule has 1 aliphatic heterocycles. The molecule has 1 aromatic carbocycles. The van der Waals surface area contributed by atoms with Crippen molar-refractivity contribution in [1.29, 1.82) is 0 Å². The van der Waals surface area contributed by atoms with Crippen LogP contribution in [0.25, 0.3) is 0 Å². The number of aryl methyl sites for hydroxylation is 1. The van der Waals surface area contributed by atoms with Crippen molar-refractivity contribution in [3.05, 3.63) is 47.9 Å². The second-order valence-electron chi connectivity index (χ2n) is 4.41. The van der Waals surface area contributed by atoms with Gasteiger partial charge in [-0.2, -0.15) is 0 Å². The molecular weight excluding hydrogens is 226 g/mol. The number of aromatic nitrogens is 2. The molecular formula is C14H15N3O. The predicted octanol–water partition coefficient (Wildman–Crippen LogP) is 2.05. The van der Waals surface area contributed by atoms with Crippen molar-refractivity contribution in [1.82, 2.24) is 9.97 Å². The molecule has 92 valence electrons. The lowest BCUT2D eigenvalue weighted by Crippen LogP contribution is -2.26. The van der Waals surface area contributed by atoms with Crippen molar-refractivity contribution in [3.8, 4) is 0 Å². The molecule has 0 unspecified atom stereocenters. The monoisotopic (exact) mass is 241 g/mol. The highest BCUT2D eigenvalue weighted by molar-refractivity contribution is 5.67. The normalized spacial score (nSPS) is 14.4. The summed E-state index contributed by atoms with van der Waals surface area (Å²) < 4.78 is 0. The van der Waals surface area contributed by atoms with Crippen LogP contribution < -0.4 is 4.90 Å². The Morgan fingerprint density at radius 2 is 2.17 bits per heavy atom. The summed E-state index contributed by atoms with van der Waals surface area (Å²) in [6, 6.07) is 8.37. The Morgan fingerprint density at radius 1 is 1.28 bits per heavy atom. The molecule has 2 heterocycles. The van der Waals surface area contributed by atoms with Gasteiger partial charge >= 0.3 is 0 Å². The first-order valence-corrected chi connectivity index (χ1v) is 6.15. The molecule has 4 heteroatoms. The van der Waals surface area contributed by atoms with Crippen LogP contribution in [0.3, 0.4) is 0 Å². The fourth-order valence-corrected chi connectivity index (χ4v) is 2.46. The highest BCUT2D eigenvalue weighted by Crippen LogP contribution is 2.33. The van der Waals surface area contributed by atoms with Gasteiger partial charge in [-0.05, 0) is 24.5 Å². The third-order valence-corrected chi connectivity index (χ3v) is 3.30. The average Bonchev–Trinajstić information content (AvgIpc) is 2.46. The molecule has 18 heavy (non-hydrogen) atoms. The first kappa shape index (κ1) is 11.2. The molecule has 0 fully saturated rings. The fourth-order valence-electron chi connectivity index (χ4n) is 2.46. The third-order valence-electron chi connectivity index (χ3n) is 3.30. The van der Waals surface area contributed by atoms with Crippen molar-refractivity contribution in [2.24, 2.45) is 0 Å². The summed E-state index contributed by atoms with van der Waals surface area (Å²) in [7, 11) is 0. The van der Waals surface area contributed by atoms with E-state index < -0.39 is 0 Å². The lowest BCUT2D eigenvalue weighted by atomic mass is 10.0. The van der Waals surface area contributed by atoms with Gasteiger partial charge in [0.15, 0.2) is 0 Å². The topological polar surface area (TPSA) is 49.3 Å². The first-order valence-electron chi connectivity index (χ1n) is 6.15. The highest BCUT2D eigenvalue weighted by atomic mass is 16.3. The van der Waals surface area contributed by atoms with Crippen LogP contribution in [0.2, 0.25) is 0 Å². The quantitative estimate of drug-likeness (QED) is 0.874. The van der Waals surface area contributed by atoms with Gasteiger partial charge < -0.3 is 10.0 Å². The lowest BCUT2D eigenvalue weighted by molar-refractivity contribution is 0.281. The fraction of sp³-hybridized carbons (Fsp3) is 0.286. The molecule has 0 bridgehead atoms. The number of aliphatic hydroxyl groups is 1. The van der Waals surface area contributed by atoms with Crippen LogP contribution in [-0.2, 0) is 13.0 Å². The Morgan fingerprint density at radius 3 is 3.06 bits per heavy atom. The Kier molecular flexibility index (Phi) is 2.94. The minimum atomic E-state index is -0.0329. The zero-order chi connectivity index (χ0) is 12.4. The number of nitrogens with zero attached hydrogens (tertiary/aromatic N) is 3. The SMILES string of the molecule is OCc1cncnc1N1CCCc2ccccc21. The largest absolute Gasteiger partial charge is 0.391 e. The van der Waals surface area contributed by atoms with Gasteiger partial charge in [0, 0.05) is 24.0 Å². The summed E-state index contributed by atoms with van der Waals surface area (Å²) >= 11 is 0. The second kappa shape index (κ2) is 4.74. The van der Waals surface area contributed by atoms with Crippen molar-refractivity contribution in [2.45, 2.75) is 19.4 Å². The van der Waals surface area contributed by atoms with Crippen LogP contribution in [0.4, 0.5) is 11.5 Å². The number of hydrogen-bond donors (Lipinski definition) is 1. The third kappa shape index (κ3) is 1.84. The van der Waals surface area contributed by atoms with E-state index in [0.717, 1.165) is 30.8 Å². The average molecular weight is 241 g/mol. The number of para-hydroxylation sites is 1. The van der Waals surface area contributed by atoms with Crippen molar-refractivity contribution < 1.29 is 5.11 Å². The van der Waals surface area contributed by atoms with Gasteiger partial charge in [0.25, 0.3) is 0 Å². The van der Waals surface area contributed by atoms with Crippen molar-refractivity contribution >= 4 is 11.5 Å². The van der Waals surface area contributed by atoms with E-state index in [4.69, 9.17) is 0 Å². The molecule has 4 nitrogen and oxygen atoms in total. The number of benzene rings is 1. The Hall–Kier alpha value is -1.94. The molecule has 0 saturated carbocycles. The van der Waals surface area contributed by atoms with Gasteiger partial charge in [-0.3, -0.25) is 0 Å². The molecule has 0 radical (unpaired) electrons. The molecule has 1 aliphatic rings. The Labute approximate surface area is 106 Å². The smallest absolute Gasteiger partial charge is 0.141 e. The van der Waals surface area contributed by atoms with E-state index in [2.05, 4.69) is 33.1 Å². The number of aliphatic hydroxyl groups excluding tert-OH is 1. The van der Waals surface area contributed by atoms with Gasteiger partial charge in [0.2, 0.25) is 0 Å². The summed E-state index contributed by atoms with van der Waals surface area (Å²) in [6.45, 7) is 0.899. The van der Waals surface area contributed by atoms with Crippen LogP contribution in [0, 0.1) is 0 Å². The van der Waals surface area contributed by atoms with Crippen LogP contribution >= 0.6 is 0 Å². The minimum Gasteiger partial charge on any atom is -0.391 e. The standard InChI is InChI=1S/C14H15N3O/c18-9-12-8-15-10-16-14(12)17-7-3-5-11-4-1-2-6-13(11)17/h1-2,4,6,8,10,18H,3,5,7,9H2. The van der Waals surface area contributed by atoms with E-state index in [9.17, 15) is 5.11 Å². The van der Waals surface area contributed by atoms with E-state index in [1.807, 2.05) is 6.07 Å². The molecule has 0 spiro atoms. The molecule has 0 saturated heterocycles. The van der Waals surface area contributed by atoms with Crippen LogP contribution in [0.5, 0.6) is 0 Å². The van der Waals surface area contributed by atoms with Gasteiger partial charge in [-0.1, -0.05) is 18.2 Å². The molecule has 1 N–H and O–H groups in total. The lowest BCUT2D eigenvalue weighted by Gasteiger charge is -2.31. The van der Waals surface area contributed by atoms with Gasteiger partial charge in [0.05, 0.1) is 6.61 Å². The maximum atomic E-state index is 9.39. The maximum absolute atomic E-state index is 9.39. The van der Waals surface area contributed by atoms with Gasteiger partial charge in [-0.25, -0.2) is 9.97 Å². The van der Waals surface area contributed by atoms with E-state index in [0.29, 0.717) is 0 Å². The number of anilines is 2. The number of hydrogen-bond acceptors (Lipinski definition) is 4. The molecule has 3 rings (SSSR count).